The Morgan fingerprint density at radius 2 is 2.03 bits per heavy atom. The molecule has 0 fully saturated rings. The van der Waals surface area contributed by atoms with Crippen LogP contribution in [0.5, 0.6) is 5.88 Å². The number of benzene rings is 1. The zero-order valence-electron chi connectivity index (χ0n) is 17.9. The predicted octanol–water partition coefficient (Wildman–Crippen LogP) is 5.60. The summed E-state index contributed by atoms with van der Waals surface area (Å²) in [5.41, 5.74) is 2.55. The Kier molecular flexibility index (Phi) is 7.29. The third-order valence-electron chi connectivity index (χ3n) is 4.84. The largest absolute Gasteiger partial charge is 0.473 e. The number of hydrogen-bond acceptors (Lipinski definition) is 3. The molecule has 30 heavy (non-hydrogen) atoms. The Morgan fingerprint density at radius 3 is 2.57 bits per heavy atom. The van der Waals surface area contributed by atoms with Crippen molar-refractivity contribution in [1.82, 2.24) is 9.88 Å². The lowest BCUT2D eigenvalue weighted by Gasteiger charge is -2.29. The number of nitrogens with zero attached hydrogens (tertiary/aromatic N) is 2. The zero-order valence-corrected chi connectivity index (χ0v) is 17.9. The Balaban J connectivity index is 2.18. The molecule has 1 aromatic carbocycles. The van der Waals surface area contributed by atoms with Crippen LogP contribution in [0.15, 0.2) is 37.0 Å². The van der Waals surface area contributed by atoms with Crippen molar-refractivity contribution in [3.63, 3.8) is 0 Å². The minimum Gasteiger partial charge on any atom is -0.473 e. The average molecular weight is 420 g/mol. The highest BCUT2D eigenvalue weighted by Crippen LogP contribution is 2.29. The van der Waals surface area contributed by atoms with Crippen molar-refractivity contribution in [3.8, 4) is 5.88 Å². The van der Waals surface area contributed by atoms with Crippen LogP contribution in [0.25, 0.3) is 5.57 Å². The standard InChI is InChI=1S/C23H27F3N2O2/c1-7-28(22(29)18-10-8-9-15(4)20(18)14(2)3)16(5)13-30-21-19(24)11-17(12-27-21)23(6,25)26/h8-12,16H,2,7,13H2,1,3-6H3. The molecule has 1 heterocycles. The molecule has 1 atom stereocenters. The molecule has 0 aliphatic heterocycles. The molecule has 0 saturated heterocycles. The molecular weight excluding hydrogens is 393 g/mol. The number of alkyl halides is 2. The van der Waals surface area contributed by atoms with Crippen LogP contribution >= 0.6 is 0 Å². The Bertz CT molecular complexity index is 939. The first-order valence-corrected chi connectivity index (χ1v) is 9.70. The molecule has 0 aliphatic rings. The third kappa shape index (κ3) is 5.20. The van der Waals surface area contributed by atoms with Gasteiger partial charge in [-0.1, -0.05) is 24.3 Å². The number of aryl methyl sites for hydroxylation is 1. The lowest BCUT2D eigenvalue weighted by molar-refractivity contribution is 0.0165. The number of aromatic nitrogens is 1. The van der Waals surface area contributed by atoms with Crippen LogP contribution in [0.2, 0.25) is 0 Å². The first-order valence-electron chi connectivity index (χ1n) is 9.70. The lowest BCUT2D eigenvalue weighted by atomic mass is 9.95. The van der Waals surface area contributed by atoms with E-state index in [9.17, 15) is 18.0 Å². The highest BCUT2D eigenvalue weighted by molar-refractivity contribution is 5.99. The van der Waals surface area contributed by atoms with Crippen molar-refractivity contribution in [1.29, 1.82) is 0 Å². The molecule has 7 heteroatoms. The summed E-state index contributed by atoms with van der Waals surface area (Å²) in [6.07, 6.45) is 0.887. The van der Waals surface area contributed by atoms with E-state index in [1.165, 1.54) is 0 Å². The van der Waals surface area contributed by atoms with Gasteiger partial charge in [0.1, 0.15) is 6.61 Å². The van der Waals surface area contributed by atoms with Gasteiger partial charge in [-0.05, 0) is 51.0 Å². The summed E-state index contributed by atoms with van der Waals surface area (Å²) in [5, 5.41) is 0. The van der Waals surface area contributed by atoms with Gasteiger partial charge in [-0.3, -0.25) is 4.79 Å². The molecule has 0 aliphatic carbocycles. The summed E-state index contributed by atoms with van der Waals surface area (Å²) in [7, 11) is 0. The van der Waals surface area contributed by atoms with E-state index >= 15 is 0 Å². The molecule has 2 rings (SSSR count). The summed E-state index contributed by atoms with van der Waals surface area (Å²) >= 11 is 0. The number of likely N-dealkylation sites (N-methyl/N-ethyl adjacent to an activating group) is 1. The molecule has 1 aromatic heterocycles. The minimum absolute atomic E-state index is 0.0421. The first kappa shape index (κ1) is 23.4. The zero-order chi connectivity index (χ0) is 22.6. The summed E-state index contributed by atoms with van der Waals surface area (Å²) in [6, 6.07) is 5.78. The van der Waals surface area contributed by atoms with Crippen molar-refractivity contribution in [3.05, 3.63) is 65.1 Å². The van der Waals surface area contributed by atoms with Gasteiger partial charge in [-0.2, -0.15) is 0 Å². The SMILES string of the molecule is C=C(C)c1c(C)cccc1C(=O)N(CC)C(C)COc1ncc(C(C)(F)F)cc1F. The summed E-state index contributed by atoms with van der Waals surface area (Å²) in [6.45, 7) is 12.4. The molecular formula is C23H27F3N2O2. The van der Waals surface area contributed by atoms with Crippen molar-refractivity contribution >= 4 is 11.5 Å². The highest BCUT2D eigenvalue weighted by atomic mass is 19.3. The van der Waals surface area contributed by atoms with Crippen LogP contribution in [0.3, 0.4) is 0 Å². The maximum Gasteiger partial charge on any atom is 0.272 e. The van der Waals surface area contributed by atoms with E-state index in [4.69, 9.17) is 4.74 Å². The molecule has 0 saturated carbocycles. The highest BCUT2D eigenvalue weighted by Gasteiger charge is 2.27. The normalized spacial score (nSPS) is 12.4. The van der Waals surface area contributed by atoms with E-state index in [2.05, 4.69) is 11.6 Å². The fraction of sp³-hybridized carbons (Fsp3) is 0.391. The third-order valence-corrected chi connectivity index (χ3v) is 4.84. The molecule has 1 amide bonds. The average Bonchev–Trinajstić information content (AvgIpc) is 2.66. The Hall–Kier alpha value is -2.83. The summed E-state index contributed by atoms with van der Waals surface area (Å²) in [4.78, 5) is 18.5. The van der Waals surface area contributed by atoms with Gasteiger partial charge in [0.15, 0.2) is 5.82 Å². The molecule has 0 bridgehead atoms. The van der Waals surface area contributed by atoms with Gasteiger partial charge in [0, 0.05) is 30.8 Å². The van der Waals surface area contributed by atoms with Crippen LogP contribution in [-0.4, -0.2) is 35.0 Å². The fourth-order valence-electron chi connectivity index (χ4n) is 3.28. The van der Waals surface area contributed by atoms with Crippen molar-refractivity contribution in [2.45, 2.75) is 46.6 Å². The second kappa shape index (κ2) is 9.32. The molecule has 162 valence electrons. The molecule has 0 radical (unpaired) electrons. The number of carbonyl (C=O) groups excluding carboxylic acids is 1. The summed E-state index contributed by atoms with van der Waals surface area (Å²) in [5.74, 6) is -4.74. The Labute approximate surface area is 175 Å². The maximum absolute atomic E-state index is 14.1. The topological polar surface area (TPSA) is 42.4 Å². The molecule has 2 aromatic rings. The van der Waals surface area contributed by atoms with E-state index in [-0.39, 0.29) is 18.4 Å². The number of amides is 1. The fourth-order valence-corrected chi connectivity index (χ4v) is 3.28. The van der Waals surface area contributed by atoms with Gasteiger partial charge >= 0.3 is 0 Å². The van der Waals surface area contributed by atoms with Gasteiger partial charge in [0.05, 0.1) is 6.04 Å². The summed E-state index contributed by atoms with van der Waals surface area (Å²) < 4.78 is 46.1. The second-order valence-corrected chi connectivity index (χ2v) is 7.43. The molecule has 0 N–H and O–H groups in total. The van der Waals surface area contributed by atoms with E-state index in [0.29, 0.717) is 25.1 Å². The van der Waals surface area contributed by atoms with E-state index in [0.717, 1.165) is 22.9 Å². The monoisotopic (exact) mass is 420 g/mol. The number of hydrogen-bond donors (Lipinski definition) is 0. The quantitative estimate of drug-likeness (QED) is 0.558. The van der Waals surface area contributed by atoms with Crippen LogP contribution in [-0.2, 0) is 5.92 Å². The minimum atomic E-state index is -3.19. The number of pyridine rings is 1. The predicted molar refractivity (Wildman–Crippen MR) is 111 cm³/mol. The van der Waals surface area contributed by atoms with Gasteiger partial charge in [-0.15, -0.1) is 0 Å². The van der Waals surface area contributed by atoms with Gasteiger partial charge in [-0.25, -0.2) is 18.2 Å². The maximum atomic E-state index is 14.1. The number of halogens is 3. The molecule has 0 spiro atoms. The molecule has 4 nitrogen and oxygen atoms in total. The second-order valence-electron chi connectivity index (χ2n) is 7.43. The van der Waals surface area contributed by atoms with E-state index < -0.39 is 23.3 Å². The smallest absolute Gasteiger partial charge is 0.272 e. The van der Waals surface area contributed by atoms with Crippen molar-refractivity contribution < 1.29 is 22.7 Å². The lowest BCUT2D eigenvalue weighted by Crippen LogP contribution is -2.42. The number of ether oxygens (including phenoxy) is 1. The van der Waals surface area contributed by atoms with Crippen molar-refractivity contribution in [2.75, 3.05) is 13.2 Å². The van der Waals surface area contributed by atoms with Crippen LogP contribution in [0.4, 0.5) is 13.2 Å². The van der Waals surface area contributed by atoms with Crippen molar-refractivity contribution in [2.24, 2.45) is 0 Å². The Morgan fingerprint density at radius 1 is 1.37 bits per heavy atom. The van der Waals surface area contributed by atoms with Crippen LogP contribution in [0, 0.1) is 12.7 Å². The van der Waals surface area contributed by atoms with E-state index in [1.807, 2.05) is 32.9 Å². The number of rotatable bonds is 8. The first-order chi connectivity index (χ1) is 14.0. The van der Waals surface area contributed by atoms with E-state index in [1.54, 1.807) is 17.9 Å². The number of carbonyl (C=O) groups is 1. The van der Waals surface area contributed by atoms with Crippen LogP contribution < -0.4 is 4.74 Å². The number of allylic oxidation sites excluding steroid dienone is 1. The van der Waals surface area contributed by atoms with Gasteiger partial charge < -0.3 is 9.64 Å². The molecule has 1 unspecified atom stereocenters. The van der Waals surface area contributed by atoms with Gasteiger partial charge in [0.2, 0.25) is 5.88 Å². The van der Waals surface area contributed by atoms with Gasteiger partial charge in [0.25, 0.3) is 11.8 Å². The van der Waals surface area contributed by atoms with Crippen LogP contribution in [0.1, 0.15) is 54.7 Å².